The van der Waals surface area contributed by atoms with Crippen LogP contribution in [0.4, 0.5) is 10.2 Å². The minimum atomic E-state index is -1.08. The maximum Gasteiger partial charge on any atom is 0.231 e. The molecule has 4 rings (SSSR count). The first kappa shape index (κ1) is 20.4. The third-order valence-corrected chi connectivity index (χ3v) is 5.43. The predicted octanol–water partition coefficient (Wildman–Crippen LogP) is 4.36. The van der Waals surface area contributed by atoms with Gasteiger partial charge in [0.1, 0.15) is 17.7 Å². The van der Waals surface area contributed by atoms with Crippen molar-refractivity contribution in [2.75, 3.05) is 5.32 Å². The van der Waals surface area contributed by atoms with Crippen LogP contribution in [0.25, 0.3) is 21.9 Å². The normalized spacial score (nSPS) is 17.9. The molecule has 2 atom stereocenters. The van der Waals surface area contributed by atoms with E-state index in [2.05, 4.69) is 26.5 Å². The number of nitriles is 1. The monoisotopic (exact) mass is 417 g/mol. The average molecular weight is 417 g/mol. The lowest BCUT2D eigenvalue weighted by Gasteiger charge is -2.12. The van der Waals surface area contributed by atoms with E-state index in [0.29, 0.717) is 34.8 Å². The van der Waals surface area contributed by atoms with Gasteiger partial charge in [-0.25, -0.2) is 9.37 Å². The van der Waals surface area contributed by atoms with Crippen LogP contribution in [0, 0.1) is 24.2 Å². The minimum Gasteiger partial charge on any atom is -0.411 e. The number of aromatic nitrogens is 2. The number of benzene rings is 1. The molecule has 156 valence electrons. The Balaban J connectivity index is 1.71. The second kappa shape index (κ2) is 8.11. The molecule has 31 heavy (non-hydrogen) atoms. The molecule has 1 amide bonds. The highest BCUT2D eigenvalue weighted by Crippen LogP contribution is 2.35. The van der Waals surface area contributed by atoms with E-state index in [9.17, 15) is 14.4 Å². The predicted molar refractivity (Wildman–Crippen MR) is 115 cm³/mol. The Labute approximate surface area is 178 Å². The van der Waals surface area contributed by atoms with Crippen molar-refractivity contribution >= 4 is 28.2 Å². The number of amides is 1. The number of halogens is 1. The number of oxime groups is 1. The number of rotatable bonds is 5. The Kier molecular flexibility index (Phi) is 5.34. The van der Waals surface area contributed by atoms with E-state index in [0.717, 1.165) is 21.9 Å². The van der Waals surface area contributed by atoms with Gasteiger partial charge in [-0.05, 0) is 55.0 Å². The van der Waals surface area contributed by atoms with Gasteiger partial charge in [-0.2, -0.15) is 5.26 Å². The third-order valence-electron chi connectivity index (χ3n) is 5.43. The number of fused-ring (bicyclic) bond motifs is 1. The van der Waals surface area contributed by atoms with Crippen LogP contribution in [0.1, 0.15) is 36.6 Å². The minimum absolute atomic E-state index is 0.247. The quantitative estimate of drug-likeness (QED) is 0.364. The summed E-state index contributed by atoms with van der Waals surface area (Å²) < 4.78 is 13.1. The van der Waals surface area contributed by atoms with Crippen molar-refractivity contribution in [3.05, 3.63) is 53.5 Å². The number of alkyl halides is 1. The van der Waals surface area contributed by atoms with Gasteiger partial charge in [0, 0.05) is 28.9 Å². The Hall–Kier alpha value is -3.86. The van der Waals surface area contributed by atoms with E-state index < -0.39 is 12.1 Å². The number of nitrogens with zero attached hydrogens (tertiary/aromatic N) is 4. The van der Waals surface area contributed by atoms with Crippen LogP contribution in [0.15, 0.2) is 41.8 Å². The molecule has 1 aromatic carbocycles. The third kappa shape index (κ3) is 3.94. The van der Waals surface area contributed by atoms with Crippen molar-refractivity contribution in [3.8, 4) is 17.2 Å². The van der Waals surface area contributed by atoms with Crippen LogP contribution in [0.5, 0.6) is 0 Å². The number of pyridine rings is 2. The van der Waals surface area contributed by atoms with Crippen LogP contribution in [0.2, 0.25) is 0 Å². The zero-order valence-corrected chi connectivity index (χ0v) is 17.1. The zero-order chi connectivity index (χ0) is 22.1. The molecular formula is C23H20FN5O2. The summed E-state index contributed by atoms with van der Waals surface area (Å²) in [5, 5.41) is 26.3. The molecule has 2 aromatic heterocycles. The Bertz CT molecular complexity index is 1260. The van der Waals surface area contributed by atoms with Gasteiger partial charge in [0.05, 0.1) is 23.2 Å². The standard InChI is InChI=1S/C23H20FN5O2/c1-3-20(29-31)21-4-12(2)18(11-26-21)16-6-15-10-27-22(7-13(15)5-14(16)9-25)28-23(30)17-8-19(17)24/h4-7,10-11,17,19,31H,3,8H2,1-2H3,(H,27,28,30)/b29-20-/t17-,19+/m0/s1. The molecule has 0 radical (unpaired) electrons. The van der Waals surface area contributed by atoms with E-state index in [1.807, 2.05) is 26.0 Å². The first-order valence-electron chi connectivity index (χ1n) is 9.92. The van der Waals surface area contributed by atoms with Crippen LogP contribution < -0.4 is 5.32 Å². The molecule has 0 spiro atoms. The fraction of sp³-hybridized carbons (Fsp3) is 0.261. The molecule has 2 heterocycles. The fourth-order valence-electron chi connectivity index (χ4n) is 3.53. The molecule has 0 aliphatic heterocycles. The SMILES string of the molecule is CC/C(=N/O)c1cc(C)c(-c2cc3cnc(NC(=O)[C@H]4C[C@H]4F)cc3cc2C#N)cn1. The summed E-state index contributed by atoms with van der Waals surface area (Å²) in [6, 6.07) is 9.31. The number of nitrogens with one attached hydrogen (secondary N) is 1. The van der Waals surface area contributed by atoms with Gasteiger partial charge < -0.3 is 10.5 Å². The van der Waals surface area contributed by atoms with E-state index in [1.54, 1.807) is 24.5 Å². The average Bonchev–Trinajstić information content (AvgIpc) is 3.50. The van der Waals surface area contributed by atoms with E-state index >= 15 is 0 Å². The molecule has 0 bridgehead atoms. The van der Waals surface area contributed by atoms with Crippen LogP contribution in [0.3, 0.4) is 0 Å². The highest BCUT2D eigenvalue weighted by molar-refractivity contribution is 5.99. The van der Waals surface area contributed by atoms with E-state index in [4.69, 9.17) is 5.21 Å². The molecule has 1 saturated carbocycles. The molecule has 3 aromatic rings. The second-order valence-electron chi connectivity index (χ2n) is 7.56. The van der Waals surface area contributed by atoms with Crippen LogP contribution >= 0.6 is 0 Å². The highest BCUT2D eigenvalue weighted by Gasteiger charge is 2.43. The Morgan fingerprint density at radius 1 is 1.26 bits per heavy atom. The summed E-state index contributed by atoms with van der Waals surface area (Å²) >= 11 is 0. The van der Waals surface area contributed by atoms with Crippen molar-refractivity contribution in [2.45, 2.75) is 32.9 Å². The van der Waals surface area contributed by atoms with Crippen molar-refractivity contribution < 1.29 is 14.4 Å². The van der Waals surface area contributed by atoms with Crippen molar-refractivity contribution in [2.24, 2.45) is 11.1 Å². The summed E-state index contributed by atoms with van der Waals surface area (Å²) in [7, 11) is 0. The van der Waals surface area contributed by atoms with Gasteiger partial charge in [0.15, 0.2) is 0 Å². The highest BCUT2D eigenvalue weighted by atomic mass is 19.1. The molecule has 1 aliphatic rings. The van der Waals surface area contributed by atoms with Crippen LogP contribution in [-0.4, -0.2) is 33.0 Å². The van der Waals surface area contributed by atoms with E-state index in [1.165, 1.54) is 0 Å². The fourth-order valence-corrected chi connectivity index (χ4v) is 3.53. The first-order chi connectivity index (χ1) is 14.9. The van der Waals surface area contributed by atoms with Gasteiger partial charge in [0.25, 0.3) is 0 Å². The maximum absolute atomic E-state index is 13.1. The Morgan fingerprint density at radius 3 is 2.65 bits per heavy atom. The number of anilines is 1. The van der Waals surface area contributed by atoms with Gasteiger partial charge >= 0.3 is 0 Å². The lowest BCUT2D eigenvalue weighted by Crippen LogP contribution is -2.15. The molecular weight excluding hydrogens is 397 g/mol. The number of hydrogen-bond donors (Lipinski definition) is 2. The summed E-state index contributed by atoms with van der Waals surface area (Å²) in [6.45, 7) is 3.78. The smallest absolute Gasteiger partial charge is 0.231 e. The summed E-state index contributed by atoms with van der Waals surface area (Å²) in [6.07, 6.45) is 2.99. The number of aryl methyl sites for hydroxylation is 1. The topological polar surface area (TPSA) is 111 Å². The lowest BCUT2D eigenvalue weighted by molar-refractivity contribution is -0.117. The van der Waals surface area contributed by atoms with Gasteiger partial charge in [-0.15, -0.1) is 0 Å². The van der Waals surface area contributed by atoms with Crippen LogP contribution in [-0.2, 0) is 4.79 Å². The summed E-state index contributed by atoms with van der Waals surface area (Å²) in [5.41, 5.74) is 3.90. The number of hydrogen-bond acceptors (Lipinski definition) is 6. The zero-order valence-electron chi connectivity index (χ0n) is 17.1. The number of carbonyl (C=O) groups excluding carboxylic acids is 1. The molecule has 1 aliphatic carbocycles. The first-order valence-corrected chi connectivity index (χ1v) is 9.92. The number of carbonyl (C=O) groups is 1. The summed E-state index contributed by atoms with van der Waals surface area (Å²) in [5.74, 6) is -0.654. The molecule has 0 saturated heterocycles. The maximum atomic E-state index is 13.1. The molecule has 7 nitrogen and oxygen atoms in total. The lowest BCUT2D eigenvalue weighted by atomic mass is 9.94. The Morgan fingerprint density at radius 2 is 2.03 bits per heavy atom. The van der Waals surface area contributed by atoms with Crippen molar-refractivity contribution in [3.63, 3.8) is 0 Å². The second-order valence-corrected chi connectivity index (χ2v) is 7.56. The van der Waals surface area contributed by atoms with Gasteiger partial charge in [0.2, 0.25) is 5.91 Å². The van der Waals surface area contributed by atoms with Crippen molar-refractivity contribution in [1.29, 1.82) is 5.26 Å². The van der Waals surface area contributed by atoms with Crippen molar-refractivity contribution in [1.82, 2.24) is 9.97 Å². The van der Waals surface area contributed by atoms with E-state index in [-0.39, 0.29) is 12.3 Å². The van der Waals surface area contributed by atoms with Gasteiger partial charge in [-0.1, -0.05) is 12.1 Å². The molecule has 1 fully saturated rings. The molecule has 2 N–H and O–H groups in total. The largest absolute Gasteiger partial charge is 0.411 e. The molecule has 8 heteroatoms. The summed E-state index contributed by atoms with van der Waals surface area (Å²) in [4.78, 5) is 20.6. The molecule has 0 unspecified atom stereocenters. The van der Waals surface area contributed by atoms with Gasteiger partial charge in [-0.3, -0.25) is 9.78 Å².